The Morgan fingerprint density at radius 1 is 1.43 bits per heavy atom. The van der Waals surface area contributed by atoms with Crippen LogP contribution in [0.1, 0.15) is 20.3 Å². The Labute approximate surface area is 129 Å². The van der Waals surface area contributed by atoms with Crippen LogP contribution in [0.4, 0.5) is 0 Å². The monoisotopic (exact) mass is 335 g/mol. The van der Waals surface area contributed by atoms with Gasteiger partial charge < -0.3 is 9.84 Å². The molecule has 21 heavy (non-hydrogen) atoms. The molecule has 1 aromatic carbocycles. The van der Waals surface area contributed by atoms with Gasteiger partial charge in [0, 0.05) is 5.02 Å². The van der Waals surface area contributed by atoms with Crippen LogP contribution in [0, 0.1) is 5.92 Å². The summed E-state index contributed by atoms with van der Waals surface area (Å²) < 4.78 is 31.9. The largest absolute Gasteiger partial charge is 0.495 e. The number of ether oxygens (including phenoxy) is 1. The summed E-state index contributed by atoms with van der Waals surface area (Å²) in [5.41, 5.74) is 0. The molecule has 0 heterocycles. The van der Waals surface area contributed by atoms with Gasteiger partial charge in [0.25, 0.3) is 0 Å². The summed E-state index contributed by atoms with van der Waals surface area (Å²) >= 11 is 5.80. The van der Waals surface area contributed by atoms with E-state index in [1.165, 1.54) is 25.3 Å². The second kappa shape index (κ2) is 7.11. The summed E-state index contributed by atoms with van der Waals surface area (Å²) in [7, 11) is -2.73. The molecule has 0 amide bonds. The molecule has 0 saturated heterocycles. The van der Waals surface area contributed by atoms with Crippen molar-refractivity contribution in [3.63, 3.8) is 0 Å². The fraction of sp³-hybridized carbons (Fsp3) is 0.462. The summed E-state index contributed by atoms with van der Waals surface area (Å²) in [4.78, 5) is 11.0. The number of rotatable bonds is 7. The third-order valence-corrected chi connectivity index (χ3v) is 4.45. The maximum absolute atomic E-state index is 12.3. The summed E-state index contributed by atoms with van der Waals surface area (Å²) in [6.07, 6.45) is 0.178. The lowest BCUT2D eigenvalue weighted by atomic mass is 10.1. The number of carbonyl (C=O) groups is 1. The van der Waals surface area contributed by atoms with Gasteiger partial charge in [-0.2, -0.15) is 4.72 Å². The van der Waals surface area contributed by atoms with E-state index in [9.17, 15) is 13.2 Å². The summed E-state index contributed by atoms with van der Waals surface area (Å²) in [6.45, 7) is 3.62. The number of halogens is 1. The number of carboxylic acid groups (broad SMARTS) is 1. The molecular formula is C13H18ClNO5S. The van der Waals surface area contributed by atoms with Gasteiger partial charge in [0.2, 0.25) is 10.0 Å². The Balaban J connectivity index is 3.16. The zero-order valence-electron chi connectivity index (χ0n) is 12.0. The highest BCUT2D eigenvalue weighted by molar-refractivity contribution is 7.89. The van der Waals surface area contributed by atoms with Gasteiger partial charge in [-0.15, -0.1) is 0 Å². The van der Waals surface area contributed by atoms with Crippen molar-refractivity contribution in [3.05, 3.63) is 23.2 Å². The molecule has 0 aliphatic heterocycles. The molecule has 0 spiro atoms. The average molecular weight is 336 g/mol. The molecule has 0 aromatic heterocycles. The minimum atomic E-state index is -4.06. The fourth-order valence-corrected chi connectivity index (χ4v) is 3.42. The minimum absolute atomic E-state index is 0.0232. The highest BCUT2D eigenvalue weighted by Crippen LogP contribution is 2.27. The highest BCUT2D eigenvalue weighted by Gasteiger charge is 2.28. The number of carboxylic acids is 1. The van der Waals surface area contributed by atoms with E-state index < -0.39 is 22.0 Å². The van der Waals surface area contributed by atoms with Crippen LogP contribution >= 0.6 is 11.6 Å². The fourth-order valence-electron chi connectivity index (χ4n) is 1.78. The van der Waals surface area contributed by atoms with E-state index in [2.05, 4.69) is 4.72 Å². The van der Waals surface area contributed by atoms with Crippen molar-refractivity contribution in [2.24, 2.45) is 5.92 Å². The van der Waals surface area contributed by atoms with Gasteiger partial charge in [-0.25, -0.2) is 8.42 Å². The number of sulfonamides is 1. The Bertz CT molecular complexity index is 615. The average Bonchev–Trinajstić information content (AvgIpc) is 2.37. The van der Waals surface area contributed by atoms with Gasteiger partial charge in [-0.1, -0.05) is 25.4 Å². The van der Waals surface area contributed by atoms with Gasteiger partial charge >= 0.3 is 5.97 Å². The molecule has 8 heteroatoms. The van der Waals surface area contributed by atoms with Gasteiger partial charge in [0.15, 0.2) is 0 Å². The van der Waals surface area contributed by atoms with E-state index >= 15 is 0 Å². The zero-order valence-corrected chi connectivity index (χ0v) is 13.5. The predicted molar refractivity (Wildman–Crippen MR) is 79.2 cm³/mol. The van der Waals surface area contributed by atoms with Crippen LogP contribution in [-0.2, 0) is 14.8 Å². The second-order valence-corrected chi connectivity index (χ2v) is 7.06. The van der Waals surface area contributed by atoms with Crippen LogP contribution in [-0.4, -0.2) is 32.6 Å². The molecule has 0 fully saturated rings. The quantitative estimate of drug-likeness (QED) is 0.796. The predicted octanol–water partition coefficient (Wildman–Crippen LogP) is 2.13. The maximum Gasteiger partial charge on any atom is 0.321 e. The third-order valence-electron chi connectivity index (χ3n) is 2.72. The van der Waals surface area contributed by atoms with E-state index in [-0.39, 0.29) is 28.0 Å². The lowest BCUT2D eigenvalue weighted by Crippen LogP contribution is -2.41. The Morgan fingerprint density at radius 2 is 2.05 bits per heavy atom. The van der Waals surface area contributed by atoms with Crippen LogP contribution < -0.4 is 9.46 Å². The first-order chi connectivity index (χ1) is 9.67. The summed E-state index contributed by atoms with van der Waals surface area (Å²) in [5.74, 6) is -1.11. The van der Waals surface area contributed by atoms with Crippen molar-refractivity contribution in [2.75, 3.05) is 7.11 Å². The minimum Gasteiger partial charge on any atom is -0.495 e. The molecule has 1 atom stereocenters. The Kier molecular flexibility index (Phi) is 6.00. The van der Waals surface area contributed by atoms with Crippen LogP contribution in [0.15, 0.2) is 23.1 Å². The van der Waals surface area contributed by atoms with Crippen LogP contribution in [0.2, 0.25) is 5.02 Å². The van der Waals surface area contributed by atoms with Gasteiger partial charge in [-0.3, -0.25) is 4.79 Å². The molecule has 6 nitrogen and oxygen atoms in total. The maximum atomic E-state index is 12.3. The first-order valence-corrected chi connectivity index (χ1v) is 8.12. The van der Waals surface area contributed by atoms with Crippen LogP contribution in [0.3, 0.4) is 0 Å². The molecule has 0 bridgehead atoms. The molecule has 1 rings (SSSR count). The molecule has 0 aliphatic rings. The topological polar surface area (TPSA) is 92.7 Å². The SMILES string of the molecule is COc1ccc(Cl)cc1S(=O)(=O)N[C@H](CC(C)C)C(=O)O. The number of hydrogen-bond acceptors (Lipinski definition) is 4. The van der Waals surface area contributed by atoms with Gasteiger partial charge in [-0.05, 0) is 30.5 Å². The number of aliphatic carboxylic acids is 1. The van der Waals surface area contributed by atoms with Crippen LogP contribution in [0.5, 0.6) is 5.75 Å². The number of hydrogen-bond donors (Lipinski definition) is 2. The first-order valence-electron chi connectivity index (χ1n) is 6.26. The second-order valence-electron chi connectivity index (χ2n) is 4.94. The number of nitrogens with one attached hydrogen (secondary N) is 1. The van der Waals surface area contributed by atoms with Crippen molar-refractivity contribution in [2.45, 2.75) is 31.2 Å². The molecule has 1 aromatic rings. The molecule has 0 radical (unpaired) electrons. The van der Waals surface area contributed by atoms with Gasteiger partial charge in [0.05, 0.1) is 7.11 Å². The van der Waals surface area contributed by atoms with Crippen molar-refractivity contribution in [1.82, 2.24) is 4.72 Å². The van der Waals surface area contributed by atoms with E-state index in [1.807, 2.05) is 13.8 Å². The molecule has 0 saturated carbocycles. The normalized spacial score (nSPS) is 13.2. The summed E-state index contributed by atoms with van der Waals surface area (Å²) in [6, 6.07) is 2.91. The van der Waals surface area contributed by atoms with E-state index in [0.717, 1.165) is 0 Å². The Morgan fingerprint density at radius 3 is 2.52 bits per heavy atom. The van der Waals surface area contributed by atoms with Crippen molar-refractivity contribution in [1.29, 1.82) is 0 Å². The molecule has 0 unspecified atom stereocenters. The smallest absolute Gasteiger partial charge is 0.321 e. The molecule has 118 valence electrons. The first kappa shape index (κ1) is 17.7. The summed E-state index contributed by atoms with van der Waals surface area (Å²) in [5, 5.41) is 9.34. The van der Waals surface area contributed by atoms with E-state index in [0.29, 0.717) is 0 Å². The van der Waals surface area contributed by atoms with Crippen molar-refractivity contribution in [3.8, 4) is 5.75 Å². The zero-order chi connectivity index (χ0) is 16.2. The third kappa shape index (κ3) is 4.87. The lowest BCUT2D eigenvalue weighted by molar-refractivity contribution is -0.139. The van der Waals surface area contributed by atoms with Crippen LogP contribution in [0.25, 0.3) is 0 Å². The van der Waals surface area contributed by atoms with E-state index in [1.54, 1.807) is 0 Å². The van der Waals surface area contributed by atoms with Crippen molar-refractivity contribution >= 4 is 27.6 Å². The molecule has 2 N–H and O–H groups in total. The van der Waals surface area contributed by atoms with Crippen molar-refractivity contribution < 1.29 is 23.1 Å². The number of methoxy groups -OCH3 is 1. The van der Waals surface area contributed by atoms with E-state index in [4.69, 9.17) is 21.4 Å². The highest BCUT2D eigenvalue weighted by atomic mass is 35.5. The molecular weight excluding hydrogens is 318 g/mol. The standard InChI is InChI=1S/C13H18ClNO5S/c1-8(2)6-10(13(16)17)15-21(18,19)12-7-9(14)4-5-11(12)20-3/h4-5,7-8,10,15H,6H2,1-3H3,(H,16,17)/t10-/m1/s1. The Hall–Kier alpha value is -1.31. The number of benzene rings is 1. The lowest BCUT2D eigenvalue weighted by Gasteiger charge is -2.17. The van der Waals surface area contributed by atoms with Gasteiger partial charge in [0.1, 0.15) is 16.7 Å². The molecule has 0 aliphatic carbocycles.